The van der Waals surface area contributed by atoms with Crippen LogP contribution in [0.25, 0.3) is 5.43 Å². The van der Waals surface area contributed by atoms with Gasteiger partial charge in [0.15, 0.2) is 0 Å². The fourth-order valence-electron chi connectivity index (χ4n) is 0.937. The summed E-state index contributed by atoms with van der Waals surface area (Å²) in [5, 5.41) is 0. The van der Waals surface area contributed by atoms with Gasteiger partial charge in [0.2, 0.25) is 0 Å². The molecule has 0 aromatic heterocycles. The average Bonchev–Trinajstić information content (AvgIpc) is 2.11. The lowest BCUT2D eigenvalue weighted by Crippen LogP contribution is -2.29. The van der Waals surface area contributed by atoms with E-state index in [9.17, 15) is 4.79 Å². The first-order chi connectivity index (χ1) is 5.76. The zero-order chi connectivity index (χ0) is 9.40. The van der Waals surface area contributed by atoms with Gasteiger partial charge in [-0.15, -0.1) is 0 Å². The van der Waals surface area contributed by atoms with Gasteiger partial charge in [-0.2, -0.15) is 0 Å². The highest BCUT2D eigenvalue weighted by molar-refractivity contribution is 5.87. The molecule has 12 heavy (non-hydrogen) atoms. The van der Waals surface area contributed by atoms with Gasteiger partial charge in [0.05, 0.1) is 6.54 Å². The van der Waals surface area contributed by atoms with Gasteiger partial charge in [0, 0.05) is 0 Å². The molecule has 1 atom stereocenters. The van der Waals surface area contributed by atoms with Crippen molar-refractivity contribution in [3.8, 4) is 0 Å². The zero-order valence-electron chi connectivity index (χ0n) is 7.20. The van der Waals surface area contributed by atoms with E-state index in [4.69, 9.17) is 17.3 Å². The summed E-state index contributed by atoms with van der Waals surface area (Å²) in [5.41, 5.74) is 13.9. The predicted octanol–water partition coefficient (Wildman–Crippen LogP) is -0.741. The Hall–Kier alpha value is -0.490. The van der Waals surface area contributed by atoms with E-state index in [1.54, 1.807) is 0 Å². The molecule has 0 aromatic rings. The molecule has 0 aliphatic carbocycles. The molecule has 0 aliphatic heterocycles. The van der Waals surface area contributed by atoms with Crippen LogP contribution in [0.2, 0.25) is 0 Å². The van der Waals surface area contributed by atoms with Crippen LogP contribution in [0.4, 0.5) is 0 Å². The normalized spacial score (nSPS) is 12.9. The lowest BCUT2D eigenvalue weighted by atomic mass is 10.1. The van der Waals surface area contributed by atoms with E-state index in [1.165, 1.54) is 0 Å². The number of carbonyl (C=O) groups is 1. The van der Waals surface area contributed by atoms with E-state index >= 15 is 0 Å². The molecule has 72 valence electrons. The molecule has 5 heteroatoms. The summed E-state index contributed by atoms with van der Waals surface area (Å²) < 4.78 is 0. The van der Waals surface area contributed by atoms with Crippen molar-refractivity contribution in [3.05, 3.63) is 5.43 Å². The highest BCUT2D eigenvalue weighted by Gasteiger charge is 2.05. The van der Waals surface area contributed by atoms with Gasteiger partial charge in [-0.3, -0.25) is 4.79 Å². The molecule has 0 bridgehead atoms. The highest BCUT2D eigenvalue weighted by atomic mass is 16.1. The molecule has 0 fully saturated rings. The third kappa shape index (κ3) is 4.40. The average molecular weight is 173 g/mol. The van der Waals surface area contributed by atoms with E-state index in [-0.39, 0.29) is 12.3 Å². The molecule has 6 N–H and O–H groups in total. The first-order valence-electron chi connectivity index (χ1n) is 4.09. The Morgan fingerprint density at radius 2 is 2.00 bits per heavy atom. The molecular weight excluding hydrogens is 156 g/mol. The fraction of sp³-hybridized carbons (Fsp3) is 0.857. The molecule has 0 heterocycles. The van der Waals surface area contributed by atoms with Crippen molar-refractivity contribution in [3.63, 3.8) is 0 Å². The van der Waals surface area contributed by atoms with E-state index in [0.717, 1.165) is 12.8 Å². The Morgan fingerprint density at radius 1 is 1.33 bits per heavy atom. The van der Waals surface area contributed by atoms with Crippen molar-refractivity contribution < 1.29 is 4.79 Å². The van der Waals surface area contributed by atoms with Crippen molar-refractivity contribution in [2.45, 2.75) is 25.3 Å². The number of ketones is 1. The lowest BCUT2D eigenvalue weighted by molar-refractivity contribution is -0.118. The summed E-state index contributed by atoms with van der Waals surface area (Å²) in [6.45, 7) is 0.641. The number of Topliss-reactive ketones (excluding diaryl/α,β-unsaturated/α-hetero) is 1. The zero-order valence-corrected chi connectivity index (χ0v) is 7.20. The Kier molecular flexibility index (Phi) is 6.88. The molecule has 0 aliphatic rings. The quantitative estimate of drug-likeness (QED) is 0.267. The summed E-state index contributed by atoms with van der Waals surface area (Å²) >= 11 is 0. The molecule has 0 amide bonds. The van der Waals surface area contributed by atoms with Crippen LogP contribution in [0.5, 0.6) is 0 Å². The second kappa shape index (κ2) is 7.17. The molecule has 0 radical (unpaired) electrons. The van der Waals surface area contributed by atoms with Gasteiger partial charge in [-0.25, -0.2) is 0 Å². The van der Waals surface area contributed by atoms with Crippen LogP contribution in [-0.4, -0.2) is 24.9 Å². The molecule has 0 rings (SSSR count). The van der Waals surface area contributed by atoms with Crippen LogP contribution < -0.4 is 17.3 Å². The fourth-order valence-corrected chi connectivity index (χ4v) is 0.937. The van der Waals surface area contributed by atoms with Crippen molar-refractivity contribution in [1.82, 2.24) is 0 Å². The van der Waals surface area contributed by atoms with Crippen LogP contribution in [0.1, 0.15) is 19.3 Å². The Balaban J connectivity index is 3.60. The maximum Gasteiger partial charge on any atom is 0.129 e. The van der Waals surface area contributed by atoms with Crippen molar-refractivity contribution in [2.24, 2.45) is 17.3 Å². The van der Waals surface area contributed by atoms with Gasteiger partial charge in [0.1, 0.15) is 5.78 Å². The maximum absolute atomic E-state index is 11.0. The summed E-state index contributed by atoms with van der Waals surface area (Å²) in [5.74, 6) is 4.95. The van der Waals surface area contributed by atoms with E-state index in [1.807, 2.05) is 0 Å². The number of nitrogens with two attached hydrogens (primary N) is 3. The van der Waals surface area contributed by atoms with E-state index in [2.05, 4.69) is 5.43 Å². The minimum absolute atomic E-state index is 0.00793. The van der Waals surface area contributed by atoms with Crippen molar-refractivity contribution >= 4 is 5.78 Å². The van der Waals surface area contributed by atoms with Crippen molar-refractivity contribution in [2.75, 3.05) is 13.1 Å². The van der Waals surface area contributed by atoms with Gasteiger partial charge in [0.25, 0.3) is 0 Å². The number of unbranched alkanes of at least 4 members (excludes halogenated alkanes) is 1. The standard InChI is InChI=1S/C7H17N4O/c8-4-2-1-3-6(11-10)7(12)5-9/h6H,1-5,8-10H2/q-1/t6-/m0/s1. The predicted molar refractivity (Wildman–Crippen MR) is 48.3 cm³/mol. The second-order valence-electron chi connectivity index (χ2n) is 2.62. The smallest absolute Gasteiger partial charge is 0.129 e. The van der Waals surface area contributed by atoms with E-state index in [0.29, 0.717) is 13.0 Å². The molecule has 0 saturated carbocycles. The van der Waals surface area contributed by atoms with Crippen LogP contribution in [-0.2, 0) is 4.79 Å². The molecular formula is C7H17N4O-. The number of carbonyl (C=O) groups excluding carboxylic acids is 1. The summed E-state index contributed by atoms with van der Waals surface area (Å²) in [7, 11) is 0. The molecule has 0 unspecified atom stereocenters. The maximum atomic E-state index is 11.0. The summed E-state index contributed by atoms with van der Waals surface area (Å²) in [6, 6.07) is -0.429. The number of nitrogens with zero attached hydrogens (tertiary/aromatic N) is 1. The SMILES string of the molecule is NCCCC[C@H]([N-]N)C(=O)CN. The first kappa shape index (κ1) is 11.5. The molecule has 5 nitrogen and oxygen atoms in total. The molecule has 0 spiro atoms. The molecule has 0 saturated heterocycles. The number of hydrogen-bond acceptors (Lipinski definition) is 4. The van der Waals surface area contributed by atoms with Gasteiger partial charge < -0.3 is 22.7 Å². The largest absolute Gasteiger partial charge is 0.591 e. The van der Waals surface area contributed by atoms with Gasteiger partial charge in [-0.05, 0) is 13.0 Å². The van der Waals surface area contributed by atoms with Crippen LogP contribution in [0, 0.1) is 0 Å². The summed E-state index contributed by atoms with van der Waals surface area (Å²) in [6.07, 6.45) is 2.42. The van der Waals surface area contributed by atoms with Gasteiger partial charge in [-0.1, -0.05) is 18.9 Å². The monoisotopic (exact) mass is 173 g/mol. The first-order valence-corrected chi connectivity index (χ1v) is 4.09. The third-order valence-electron chi connectivity index (χ3n) is 1.68. The molecule has 0 aromatic carbocycles. The van der Waals surface area contributed by atoms with Crippen molar-refractivity contribution in [1.29, 1.82) is 0 Å². The highest BCUT2D eigenvalue weighted by Crippen LogP contribution is 2.06. The number of hydrogen-bond donors (Lipinski definition) is 3. The summed E-state index contributed by atoms with van der Waals surface area (Å²) in [4.78, 5) is 11.0. The second-order valence-corrected chi connectivity index (χ2v) is 2.62. The minimum Gasteiger partial charge on any atom is -0.591 e. The van der Waals surface area contributed by atoms with E-state index < -0.39 is 6.04 Å². The topological polar surface area (TPSA) is 109 Å². The van der Waals surface area contributed by atoms with Crippen LogP contribution >= 0.6 is 0 Å². The van der Waals surface area contributed by atoms with Crippen LogP contribution in [0.3, 0.4) is 0 Å². The minimum atomic E-state index is -0.429. The van der Waals surface area contributed by atoms with Gasteiger partial charge >= 0.3 is 0 Å². The Morgan fingerprint density at radius 3 is 2.42 bits per heavy atom. The third-order valence-corrected chi connectivity index (χ3v) is 1.68. The lowest BCUT2D eigenvalue weighted by Gasteiger charge is -2.25. The Labute approximate surface area is 72.6 Å². The van der Waals surface area contributed by atoms with Crippen LogP contribution in [0.15, 0.2) is 0 Å². The Bertz CT molecular complexity index is 129. The number of rotatable bonds is 7.